The van der Waals surface area contributed by atoms with Crippen LogP contribution in [0.4, 0.5) is 0 Å². The van der Waals surface area contributed by atoms with Crippen molar-refractivity contribution in [2.75, 3.05) is 20.6 Å². The van der Waals surface area contributed by atoms with E-state index in [0.717, 1.165) is 31.9 Å². The topological polar surface area (TPSA) is 99.9 Å². The van der Waals surface area contributed by atoms with Crippen LogP contribution in [0.2, 0.25) is 0 Å². The highest BCUT2D eigenvalue weighted by Crippen LogP contribution is 2.38. The zero-order chi connectivity index (χ0) is 16.3. The van der Waals surface area contributed by atoms with E-state index in [1.54, 1.807) is 19.0 Å². The highest BCUT2D eigenvalue weighted by molar-refractivity contribution is 5.95. The van der Waals surface area contributed by atoms with Crippen molar-refractivity contribution >= 4 is 17.8 Å². The highest BCUT2D eigenvalue weighted by Gasteiger charge is 2.42. The molecule has 0 radical (unpaired) electrons. The van der Waals surface area contributed by atoms with Crippen LogP contribution in [-0.4, -0.2) is 48.4 Å². The second kappa shape index (κ2) is 6.21. The molecule has 0 bridgehead atoms. The number of carboxylic acid groups (broad SMARTS) is 1. The molecule has 120 valence electrons. The SMILES string of the molecule is CN(C)C(=O)C1(CNC(=O)c2cc(C(=O)O)co2)CCCC1. The molecule has 7 nitrogen and oxygen atoms in total. The van der Waals surface area contributed by atoms with Gasteiger partial charge in [0.25, 0.3) is 5.91 Å². The lowest BCUT2D eigenvalue weighted by molar-refractivity contribution is -0.138. The van der Waals surface area contributed by atoms with Crippen LogP contribution in [0.25, 0.3) is 0 Å². The first kappa shape index (κ1) is 16.1. The average molecular weight is 308 g/mol. The minimum atomic E-state index is -1.15. The standard InChI is InChI=1S/C15H20N2O5/c1-17(2)14(21)15(5-3-4-6-15)9-16-12(18)11-7-10(8-22-11)13(19)20/h7-8H,3-6,9H2,1-2H3,(H,16,18)(H,19,20). The number of amides is 2. The number of carbonyl (C=O) groups excluding carboxylic acids is 2. The fourth-order valence-electron chi connectivity index (χ4n) is 2.90. The lowest BCUT2D eigenvalue weighted by Crippen LogP contribution is -2.46. The molecule has 0 aromatic carbocycles. The summed E-state index contributed by atoms with van der Waals surface area (Å²) in [5.41, 5.74) is -0.647. The van der Waals surface area contributed by atoms with Gasteiger partial charge in [-0.2, -0.15) is 0 Å². The third-order valence-electron chi connectivity index (χ3n) is 4.08. The first-order valence-electron chi connectivity index (χ1n) is 7.17. The molecular weight excluding hydrogens is 288 g/mol. The number of furan rings is 1. The van der Waals surface area contributed by atoms with E-state index >= 15 is 0 Å². The number of aromatic carboxylic acids is 1. The predicted molar refractivity (Wildman–Crippen MR) is 77.6 cm³/mol. The highest BCUT2D eigenvalue weighted by atomic mass is 16.4. The first-order chi connectivity index (χ1) is 10.4. The second-order valence-corrected chi connectivity index (χ2v) is 5.87. The van der Waals surface area contributed by atoms with E-state index in [2.05, 4.69) is 5.32 Å². The van der Waals surface area contributed by atoms with Crippen LogP contribution in [-0.2, 0) is 4.79 Å². The van der Waals surface area contributed by atoms with Gasteiger partial charge in [-0.1, -0.05) is 12.8 Å². The number of hydrogen-bond donors (Lipinski definition) is 2. The van der Waals surface area contributed by atoms with Crippen LogP contribution in [0.3, 0.4) is 0 Å². The quantitative estimate of drug-likeness (QED) is 0.855. The molecule has 1 fully saturated rings. The van der Waals surface area contributed by atoms with Crippen LogP contribution >= 0.6 is 0 Å². The Morgan fingerprint density at radius 3 is 2.45 bits per heavy atom. The molecule has 0 spiro atoms. The molecule has 1 aromatic heterocycles. The molecule has 2 amide bonds. The Kier molecular flexibility index (Phi) is 4.54. The number of nitrogens with one attached hydrogen (secondary N) is 1. The first-order valence-corrected chi connectivity index (χ1v) is 7.17. The largest absolute Gasteiger partial charge is 0.478 e. The molecule has 0 aliphatic heterocycles. The molecule has 22 heavy (non-hydrogen) atoms. The summed E-state index contributed by atoms with van der Waals surface area (Å²) in [6.07, 6.45) is 4.41. The summed E-state index contributed by atoms with van der Waals surface area (Å²) in [4.78, 5) is 36.8. The van der Waals surface area contributed by atoms with E-state index in [1.165, 1.54) is 6.07 Å². The zero-order valence-electron chi connectivity index (χ0n) is 12.7. The Morgan fingerprint density at radius 2 is 1.95 bits per heavy atom. The van der Waals surface area contributed by atoms with Crippen molar-refractivity contribution in [1.82, 2.24) is 10.2 Å². The molecule has 7 heteroatoms. The van der Waals surface area contributed by atoms with Crippen LogP contribution in [0.1, 0.15) is 46.6 Å². The van der Waals surface area contributed by atoms with Crippen molar-refractivity contribution in [3.8, 4) is 0 Å². The summed E-state index contributed by atoms with van der Waals surface area (Å²) in [6.45, 7) is 0.228. The molecule has 2 rings (SSSR count). The van der Waals surface area contributed by atoms with Crippen molar-refractivity contribution in [2.45, 2.75) is 25.7 Å². The van der Waals surface area contributed by atoms with Gasteiger partial charge in [0.1, 0.15) is 6.26 Å². The lowest BCUT2D eigenvalue weighted by atomic mass is 9.84. The van der Waals surface area contributed by atoms with Gasteiger partial charge in [-0.15, -0.1) is 0 Å². The summed E-state index contributed by atoms with van der Waals surface area (Å²) in [5, 5.41) is 11.5. The summed E-state index contributed by atoms with van der Waals surface area (Å²) >= 11 is 0. The summed E-state index contributed by atoms with van der Waals surface area (Å²) in [5.74, 6) is -1.72. The van der Waals surface area contributed by atoms with Gasteiger partial charge in [0.15, 0.2) is 5.76 Å². The van der Waals surface area contributed by atoms with Crippen molar-refractivity contribution in [1.29, 1.82) is 0 Å². The molecule has 1 aliphatic carbocycles. The fourth-order valence-corrected chi connectivity index (χ4v) is 2.90. The van der Waals surface area contributed by atoms with Crippen molar-refractivity contribution in [3.05, 3.63) is 23.7 Å². The van der Waals surface area contributed by atoms with Gasteiger partial charge < -0.3 is 19.7 Å². The van der Waals surface area contributed by atoms with Crippen molar-refractivity contribution in [2.24, 2.45) is 5.41 Å². The summed E-state index contributed by atoms with van der Waals surface area (Å²) in [7, 11) is 3.41. The number of rotatable bonds is 5. The Morgan fingerprint density at radius 1 is 1.32 bits per heavy atom. The second-order valence-electron chi connectivity index (χ2n) is 5.87. The third kappa shape index (κ3) is 3.13. The Labute approximate surface area is 128 Å². The molecule has 1 aromatic rings. The molecular formula is C15H20N2O5. The minimum absolute atomic E-state index is 0.0102. The van der Waals surface area contributed by atoms with E-state index in [-0.39, 0.29) is 23.8 Å². The monoisotopic (exact) mass is 308 g/mol. The van der Waals surface area contributed by atoms with Crippen LogP contribution < -0.4 is 5.32 Å². The third-order valence-corrected chi connectivity index (χ3v) is 4.08. The molecule has 0 unspecified atom stereocenters. The van der Waals surface area contributed by atoms with Gasteiger partial charge in [-0.3, -0.25) is 9.59 Å². The molecule has 1 aliphatic rings. The van der Waals surface area contributed by atoms with Gasteiger partial charge in [0, 0.05) is 26.7 Å². The smallest absolute Gasteiger partial charge is 0.338 e. The van der Waals surface area contributed by atoms with E-state index < -0.39 is 17.3 Å². The molecule has 0 atom stereocenters. The van der Waals surface area contributed by atoms with E-state index in [4.69, 9.17) is 9.52 Å². The Bertz CT molecular complexity index is 585. The normalized spacial score (nSPS) is 16.3. The van der Waals surface area contributed by atoms with Crippen molar-refractivity contribution in [3.63, 3.8) is 0 Å². The van der Waals surface area contributed by atoms with Crippen LogP contribution in [0.5, 0.6) is 0 Å². The number of nitrogens with zero attached hydrogens (tertiary/aromatic N) is 1. The van der Waals surface area contributed by atoms with Crippen LogP contribution in [0, 0.1) is 5.41 Å². The van der Waals surface area contributed by atoms with Gasteiger partial charge in [-0.25, -0.2) is 4.79 Å². The Balaban J connectivity index is 2.04. The minimum Gasteiger partial charge on any atom is -0.478 e. The maximum Gasteiger partial charge on any atom is 0.338 e. The lowest BCUT2D eigenvalue weighted by Gasteiger charge is -2.30. The Hall–Kier alpha value is -2.31. The van der Waals surface area contributed by atoms with Gasteiger partial charge in [-0.05, 0) is 12.8 Å². The number of carbonyl (C=O) groups is 3. The summed E-state index contributed by atoms with van der Waals surface area (Å²) in [6, 6.07) is 1.17. The van der Waals surface area contributed by atoms with E-state index in [0.29, 0.717) is 0 Å². The van der Waals surface area contributed by atoms with Crippen molar-refractivity contribution < 1.29 is 23.9 Å². The maximum atomic E-state index is 12.4. The number of carboxylic acids is 1. The number of hydrogen-bond acceptors (Lipinski definition) is 4. The fraction of sp³-hybridized carbons (Fsp3) is 0.533. The predicted octanol–water partition coefficient (Wildman–Crippen LogP) is 1.36. The van der Waals surface area contributed by atoms with Gasteiger partial charge >= 0.3 is 5.97 Å². The molecule has 2 N–H and O–H groups in total. The molecule has 0 saturated heterocycles. The van der Waals surface area contributed by atoms with E-state index in [9.17, 15) is 14.4 Å². The molecule has 1 heterocycles. The molecule has 1 saturated carbocycles. The zero-order valence-corrected chi connectivity index (χ0v) is 12.7. The van der Waals surface area contributed by atoms with E-state index in [1.807, 2.05) is 0 Å². The van der Waals surface area contributed by atoms with Gasteiger partial charge in [0.2, 0.25) is 5.91 Å². The van der Waals surface area contributed by atoms with Gasteiger partial charge in [0.05, 0.1) is 11.0 Å². The summed E-state index contributed by atoms with van der Waals surface area (Å²) < 4.78 is 4.96. The van der Waals surface area contributed by atoms with Crippen LogP contribution in [0.15, 0.2) is 16.7 Å². The average Bonchev–Trinajstić information content (AvgIpc) is 3.13. The maximum absolute atomic E-state index is 12.4.